The van der Waals surface area contributed by atoms with Crippen LogP contribution >= 0.6 is 11.6 Å². The van der Waals surface area contributed by atoms with E-state index in [2.05, 4.69) is 28.7 Å². The molecule has 1 N–H and O–H groups in total. The lowest BCUT2D eigenvalue weighted by molar-refractivity contribution is 0.159. The maximum Gasteiger partial charge on any atom is 0.151 e. The molecule has 24 heavy (non-hydrogen) atoms. The first-order valence-corrected chi connectivity index (χ1v) is 8.50. The van der Waals surface area contributed by atoms with Crippen LogP contribution in [0.5, 0.6) is 0 Å². The van der Waals surface area contributed by atoms with Crippen molar-refractivity contribution in [3.05, 3.63) is 34.4 Å². The van der Waals surface area contributed by atoms with Gasteiger partial charge in [0.25, 0.3) is 0 Å². The summed E-state index contributed by atoms with van der Waals surface area (Å²) in [6.07, 6.45) is 0. The zero-order chi connectivity index (χ0) is 17.2. The van der Waals surface area contributed by atoms with Crippen molar-refractivity contribution in [3.63, 3.8) is 0 Å². The summed E-state index contributed by atoms with van der Waals surface area (Å²) < 4.78 is 14.9. The molecule has 0 aromatic heterocycles. The number of aliphatic imine (C=N–C) groups is 1. The summed E-state index contributed by atoms with van der Waals surface area (Å²) in [5.74, 6) is 1.11. The van der Waals surface area contributed by atoms with Gasteiger partial charge in [0.05, 0.1) is 28.0 Å². The second kappa shape index (κ2) is 5.36. The van der Waals surface area contributed by atoms with Crippen LogP contribution in [-0.2, 0) is 0 Å². The molecule has 0 radical (unpaired) electrons. The molecule has 5 nitrogen and oxygen atoms in total. The molecule has 3 aliphatic rings. The van der Waals surface area contributed by atoms with Gasteiger partial charge in [-0.2, -0.15) is 0 Å². The van der Waals surface area contributed by atoms with Crippen LogP contribution in [0.2, 0.25) is 5.02 Å². The number of piperazine rings is 1. The van der Waals surface area contributed by atoms with Crippen LogP contribution < -0.4 is 10.2 Å². The van der Waals surface area contributed by atoms with Crippen LogP contribution in [-0.4, -0.2) is 62.0 Å². The first kappa shape index (κ1) is 15.7. The molecule has 1 unspecified atom stereocenters. The summed E-state index contributed by atoms with van der Waals surface area (Å²) in [5, 5.41) is 3.74. The number of rotatable bonds is 0. The van der Waals surface area contributed by atoms with Crippen molar-refractivity contribution in [2.24, 2.45) is 4.99 Å². The molecule has 7 heteroatoms. The molecule has 1 saturated heterocycles. The van der Waals surface area contributed by atoms with E-state index in [1.54, 1.807) is 6.92 Å². The van der Waals surface area contributed by atoms with Crippen LogP contribution in [0.1, 0.15) is 11.1 Å². The maximum absolute atomic E-state index is 14.9. The average molecular weight is 350 g/mol. The van der Waals surface area contributed by atoms with Crippen LogP contribution in [0.15, 0.2) is 17.4 Å². The third-order valence-corrected chi connectivity index (χ3v) is 5.69. The fourth-order valence-electron chi connectivity index (χ4n) is 3.77. The predicted octanol–water partition coefficient (Wildman–Crippen LogP) is 2.50. The second-order valence-electron chi connectivity index (χ2n) is 6.75. The highest BCUT2D eigenvalue weighted by molar-refractivity contribution is 6.36. The van der Waals surface area contributed by atoms with E-state index >= 15 is 0 Å². The van der Waals surface area contributed by atoms with Gasteiger partial charge in [0, 0.05) is 38.8 Å². The third kappa shape index (κ3) is 2.06. The van der Waals surface area contributed by atoms with Crippen molar-refractivity contribution >= 4 is 28.8 Å². The molecule has 1 atom stereocenters. The Hall–Kier alpha value is -1.79. The molecule has 0 aliphatic carbocycles. The van der Waals surface area contributed by atoms with Crippen LogP contribution in [0.25, 0.3) is 0 Å². The lowest BCUT2D eigenvalue weighted by Crippen LogP contribution is -2.56. The smallest absolute Gasteiger partial charge is 0.151 e. The van der Waals surface area contributed by atoms with E-state index in [1.165, 1.54) is 0 Å². The summed E-state index contributed by atoms with van der Waals surface area (Å²) in [6.45, 7) is 9.14. The number of fused-ring (bicyclic) bond motifs is 2. The number of nitrogens with one attached hydrogen (secondary N) is 1. The summed E-state index contributed by atoms with van der Waals surface area (Å²) in [7, 11) is 3.98. The van der Waals surface area contributed by atoms with Crippen molar-refractivity contribution in [3.8, 4) is 0 Å². The molecular weight excluding hydrogens is 329 g/mol. The van der Waals surface area contributed by atoms with Gasteiger partial charge in [-0.1, -0.05) is 18.2 Å². The topological polar surface area (TPSA) is 34.1 Å². The quantitative estimate of drug-likeness (QED) is 0.780. The Labute approximate surface area is 146 Å². The number of likely N-dealkylation sites (N-methyl/N-ethyl adjacent to an activating group) is 1. The Morgan fingerprint density at radius 1 is 1.33 bits per heavy atom. The maximum atomic E-state index is 14.9. The Kier molecular flexibility index (Phi) is 3.51. The van der Waals surface area contributed by atoms with Crippen LogP contribution in [0, 0.1) is 12.7 Å². The lowest BCUT2D eigenvalue weighted by Gasteiger charge is -2.42. The lowest BCUT2D eigenvalue weighted by atomic mass is 10.0. The number of hydrogen-bond acceptors (Lipinski definition) is 5. The highest BCUT2D eigenvalue weighted by Crippen LogP contribution is 2.45. The van der Waals surface area contributed by atoms with Crippen molar-refractivity contribution in [2.45, 2.75) is 13.0 Å². The summed E-state index contributed by atoms with van der Waals surface area (Å²) in [5.41, 5.74) is 2.50. The number of anilines is 2. The fourth-order valence-corrected chi connectivity index (χ4v) is 4.08. The summed E-state index contributed by atoms with van der Waals surface area (Å²) in [4.78, 5) is 11.1. The normalized spacial score (nSPS) is 23.3. The van der Waals surface area contributed by atoms with Crippen LogP contribution in [0.4, 0.5) is 15.8 Å². The molecule has 1 aromatic carbocycles. The minimum absolute atomic E-state index is 0.234. The molecular formula is C17H21ClFN5. The van der Waals surface area contributed by atoms with Gasteiger partial charge < -0.3 is 20.0 Å². The molecule has 3 aliphatic heterocycles. The first-order valence-electron chi connectivity index (χ1n) is 8.12. The standard InChI is InChI=1S/C17H21ClFN5/c1-9-13(18)16-12-15(14(9)19)20-7-11-8-22(3)5-6-24(11)17(12)21-10(2)23(16)4/h11,20H,2,5-8H2,1,3-4H3. The SMILES string of the molecule is C=C1N=C2c3c(c(F)c(C)c(Cl)c3N1C)NCC1CN(C)CCN21. The molecule has 0 spiro atoms. The number of benzene rings is 1. The van der Waals surface area contributed by atoms with Gasteiger partial charge in [-0.15, -0.1) is 0 Å². The second-order valence-corrected chi connectivity index (χ2v) is 7.13. The van der Waals surface area contributed by atoms with Crippen LogP contribution in [0.3, 0.4) is 0 Å². The Bertz CT molecular complexity index is 775. The van der Waals surface area contributed by atoms with E-state index in [-0.39, 0.29) is 11.9 Å². The first-order chi connectivity index (χ1) is 11.4. The van der Waals surface area contributed by atoms with E-state index in [0.717, 1.165) is 36.7 Å². The average Bonchev–Trinajstić information content (AvgIpc) is 2.70. The third-order valence-electron chi connectivity index (χ3n) is 5.23. The number of amidine groups is 1. The van der Waals surface area contributed by atoms with E-state index < -0.39 is 0 Å². The van der Waals surface area contributed by atoms with Gasteiger partial charge in [0.2, 0.25) is 0 Å². The van der Waals surface area contributed by atoms with E-state index in [4.69, 9.17) is 16.6 Å². The molecule has 0 saturated carbocycles. The van der Waals surface area contributed by atoms with Gasteiger partial charge in [-0.05, 0) is 14.0 Å². The van der Waals surface area contributed by atoms with Crippen molar-refractivity contribution in [1.82, 2.24) is 9.80 Å². The Morgan fingerprint density at radius 3 is 2.83 bits per heavy atom. The van der Waals surface area contributed by atoms with Gasteiger partial charge in [0.1, 0.15) is 11.7 Å². The van der Waals surface area contributed by atoms with Gasteiger partial charge in [0.15, 0.2) is 5.82 Å². The zero-order valence-electron chi connectivity index (χ0n) is 14.2. The Balaban J connectivity index is 1.98. The summed E-state index contributed by atoms with van der Waals surface area (Å²) >= 11 is 6.51. The zero-order valence-corrected chi connectivity index (χ0v) is 14.9. The minimum atomic E-state index is -0.291. The van der Waals surface area contributed by atoms with Crippen molar-refractivity contribution in [1.29, 1.82) is 0 Å². The van der Waals surface area contributed by atoms with Gasteiger partial charge in [-0.3, -0.25) is 0 Å². The fraction of sp³-hybridized carbons (Fsp3) is 0.471. The van der Waals surface area contributed by atoms with Crippen molar-refractivity contribution in [2.75, 3.05) is 50.5 Å². The number of nitrogens with zero attached hydrogens (tertiary/aromatic N) is 4. The molecule has 3 heterocycles. The molecule has 1 fully saturated rings. The largest absolute Gasteiger partial charge is 0.380 e. The molecule has 4 rings (SSSR count). The predicted molar refractivity (Wildman–Crippen MR) is 96.7 cm³/mol. The van der Waals surface area contributed by atoms with Gasteiger partial charge in [-0.25, -0.2) is 9.38 Å². The number of halogens is 2. The summed E-state index contributed by atoms with van der Waals surface area (Å²) in [6, 6.07) is 0.234. The molecule has 0 amide bonds. The van der Waals surface area contributed by atoms with E-state index in [0.29, 0.717) is 28.6 Å². The molecule has 0 bridgehead atoms. The monoisotopic (exact) mass is 349 g/mol. The number of hydrogen-bond donors (Lipinski definition) is 1. The Morgan fingerprint density at radius 2 is 2.08 bits per heavy atom. The van der Waals surface area contributed by atoms with Gasteiger partial charge >= 0.3 is 0 Å². The molecule has 128 valence electrons. The highest BCUT2D eigenvalue weighted by Gasteiger charge is 2.39. The molecule has 1 aromatic rings. The van der Waals surface area contributed by atoms with E-state index in [1.807, 2.05) is 11.9 Å². The van der Waals surface area contributed by atoms with E-state index in [9.17, 15) is 4.39 Å². The minimum Gasteiger partial charge on any atom is -0.380 e. The van der Waals surface area contributed by atoms with Crippen molar-refractivity contribution < 1.29 is 4.39 Å². The highest BCUT2D eigenvalue weighted by atomic mass is 35.5.